The fraction of sp³-hybridized carbons (Fsp3) is 0.692. The van der Waals surface area contributed by atoms with Gasteiger partial charge in [-0.2, -0.15) is 0 Å². The lowest BCUT2D eigenvalue weighted by Gasteiger charge is -2.33. The Morgan fingerprint density at radius 3 is 2.50 bits per heavy atom. The summed E-state index contributed by atoms with van der Waals surface area (Å²) < 4.78 is 0. The van der Waals surface area contributed by atoms with Gasteiger partial charge in [-0.1, -0.05) is 17.7 Å². The fourth-order valence-corrected chi connectivity index (χ4v) is 2.99. The lowest BCUT2D eigenvalue weighted by molar-refractivity contribution is -0.151. The van der Waals surface area contributed by atoms with E-state index < -0.39 is 17.8 Å². The number of rotatable bonds is 2. The van der Waals surface area contributed by atoms with E-state index >= 15 is 0 Å². The molecule has 100 valence electrons. The van der Waals surface area contributed by atoms with Gasteiger partial charge in [0, 0.05) is 18.1 Å². The molecular weight excluding hydrogens is 254 g/mol. The molecule has 0 radical (unpaired) electrons. The first-order chi connectivity index (χ1) is 8.59. The van der Waals surface area contributed by atoms with Crippen molar-refractivity contribution in [2.75, 3.05) is 13.1 Å². The van der Waals surface area contributed by atoms with Gasteiger partial charge >= 0.3 is 5.97 Å². The first-order valence-corrected chi connectivity index (χ1v) is 6.83. The van der Waals surface area contributed by atoms with Crippen LogP contribution in [0.15, 0.2) is 11.1 Å². The Bertz CT molecular complexity index is 374. The van der Waals surface area contributed by atoms with Crippen molar-refractivity contribution in [3.05, 3.63) is 11.1 Å². The number of carboxylic acid groups (broad SMARTS) is 1. The highest BCUT2D eigenvalue weighted by molar-refractivity contribution is 6.29. The quantitative estimate of drug-likeness (QED) is 0.838. The molecule has 2 rings (SSSR count). The Balaban J connectivity index is 2.10. The number of carbonyl (C=O) groups is 2. The van der Waals surface area contributed by atoms with Gasteiger partial charge in [-0.05, 0) is 32.1 Å². The molecular formula is C13H18ClNO3. The topological polar surface area (TPSA) is 57.6 Å². The predicted octanol–water partition coefficient (Wildman–Crippen LogP) is 2.23. The fourth-order valence-electron chi connectivity index (χ4n) is 2.74. The Morgan fingerprint density at radius 1 is 1.22 bits per heavy atom. The highest BCUT2D eigenvalue weighted by Crippen LogP contribution is 2.33. The second-order valence-electron chi connectivity index (χ2n) is 5.03. The maximum Gasteiger partial charge on any atom is 0.307 e. The van der Waals surface area contributed by atoms with E-state index in [-0.39, 0.29) is 5.91 Å². The van der Waals surface area contributed by atoms with Crippen LogP contribution in [-0.4, -0.2) is 35.0 Å². The summed E-state index contributed by atoms with van der Waals surface area (Å²) in [7, 11) is 0. The molecule has 18 heavy (non-hydrogen) atoms. The third-order valence-corrected chi connectivity index (χ3v) is 4.10. The van der Waals surface area contributed by atoms with Crippen molar-refractivity contribution in [3.63, 3.8) is 0 Å². The molecule has 2 atom stereocenters. The van der Waals surface area contributed by atoms with Crippen molar-refractivity contribution in [1.82, 2.24) is 4.90 Å². The Hall–Kier alpha value is -1.03. The average molecular weight is 272 g/mol. The molecule has 0 aromatic heterocycles. The van der Waals surface area contributed by atoms with Crippen LogP contribution in [0.2, 0.25) is 0 Å². The number of halogens is 1. The SMILES string of the molecule is O=C(O)[C@@H]1CC=C(Cl)C[C@@H]1C(=O)N1CCCCC1. The van der Waals surface area contributed by atoms with Gasteiger partial charge in [0.05, 0.1) is 11.8 Å². The third-order valence-electron chi connectivity index (χ3n) is 3.80. The number of carbonyl (C=O) groups excluding carboxylic acids is 1. The molecule has 4 nitrogen and oxygen atoms in total. The maximum atomic E-state index is 12.4. The molecule has 0 aromatic rings. The molecule has 0 saturated carbocycles. The second kappa shape index (κ2) is 5.74. The van der Waals surface area contributed by atoms with Crippen LogP contribution in [0, 0.1) is 11.8 Å². The number of aliphatic carboxylic acids is 1. The Labute approximate surface area is 112 Å². The van der Waals surface area contributed by atoms with Crippen LogP contribution in [-0.2, 0) is 9.59 Å². The molecule has 1 N–H and O–H groups in total. The van der Waals surface area contributed by atoms with Crippen LogP contribution in [0.5, 0.6) is 0 Å². The number of likely N-dealkylation sites (tertiary alicyclic amines) is 1. The van der Waals surface area contributed by atoms with Crippen molar-refractivity contribution < 1.29 is 14.7 Å². The number of piperidine rings is 1. The van der Waals surface area contributed by atoms with Crippen molar-refractivity contribution in [2.24, 2.45) is 11.8 Å². The minimum Gasteiger partial charge on any atom is -0.481 e. The summed E-state index contributed by atoms with van der Waals surface area (Å²) in [5.74, 6) is -2.04. The molecule has 1 saturated heterocycles. The van der Waals surface area contributed by atoms with Crippen molar-refractivity contribution in [2.45, 2.75) is 32.1 Å². The molecule has 0 aromatic carbocycles. The minimum atomic E-state index is -0.897. The van der Waals surface area contributed by atoms with Gasteiger partial charge in [-0.15, -0.1) is 0 Å². The zero-order chi connectivity index (χ0) is 13.1. The van der Waals surface area contributed by atoms with E-state index in [9.17, 15) is 14.7 Å². The van der Waals surface area contributed by atoms with E-state index in [1.807, 2.05) is 0 Å². The standard InChI is InChI=1S/C13H18ClNO3/c14-9-4-5-10(13(17)18)11(8-9)12(16)15-6-2-1-3-7-15/h4,10-11H,1-3,5-8H2,(H,17,18)/t10-,11+/m1/s1. The number of hydrogen-bond acceptors (Lipinski definition) is 2. The number of allylic oxidation sites excluding steroid dienone is 2. The van der Waals surface area contributed by atoms with Crippen LogP contribution in [0.1, 0.15) is 32.1 Å². The summed E-state index contributed by atoms with van der Waals surface area (Å²) in [6.45, 7) is 1.51. The molecule has 1 aliphatic heterocycles. The first-order valence-electron chi connectivity index (χ1n) is 6.45. The highest BCUT2D eigenvalue weighted by atomic mass is 35.5. The summed E-state index contributed by atoms with van der Waals surface area (Å²) in [6, 6.07) is 0. The number of amides is 1. The van der Waals surface area contributed by atoms with Gasteiger partial charge < -0.3 is 10.0 Å². The second-order valence-corrected chi connectivity index (χ2v) is 5.51. The molecule has 1 amide bonds. The van der Waals surface area contributed by atoms with Gasteiger partial charge in [-0.25, -0.2) is 0 Å². The molecule has 1 aliphatic carbocycles. The first kappa shape index (κ1) is 13.4. The van der Waals surface area contributed by atoms with E-state index in [1.54, 1.807) is 11.0 Å². The number of hydrogen-bond donors (Lipinski definition) is 1. The van der Waals surface area contributed by atoms with Gasteiger partial charge in [-0.3, -0.25) is 9.59 Å². The van der Waals surface area contributed by atoms with Gasteiger partial charge in [0.15, 0.2) is 0 Å². The van der Waals surface area contributed by atoms with Gasteiger partial charge in [0.2, 0.25) is 5.91 Å². The Morgan fingerprint density at radius 2 is 1.89 bits per heavy atom. The molecule has 0 spiro atoms. The summed E-state index contributed by atoms with van der Waals surface area (Å²) in [5, 5.41) is 9.81. The molecule has 1 fully saturated rings. The lowest BCUT2D eigenvalue weighted by Crippen LogP contribution is -2.44. The van der Waals surface area contributed by atoms with E-state index in [1.165, 1.54) is 0 Å². The normalized spacial score (nSPS) is 28.7. The monoisotopic (exact) mass is 271 g/mol. The van der Waals surface area contributed by atoms with E-state index in [2.05, 4.69) is 0 Å². The van der Waals surface area contributed by atoms with E-state index in [0.717, 1.165) is 32.4 Å². The highest BCUT2D eigenvalue weighted by Gasteiger charge is 2.38. The van der Waals surface area contributed by atoms with Crippen molar-refractivity contribution in [3.8, 4) is 0 Å². The minimum absolute atomic E-state index is 0.0339. The summed E-state index contributed by atoms with van der Waals surface area (Å²) in [4.78, 5) is 25.4. The van der Waals surface area contributed by atoms with E-state index in [4.69, 9.17) is 11.6 Å². The largest absolute Gasteiger partial charge is 0.481 e. The molecule has 2 aliphatic rings. The third kappa shape index (κ3) is 2.86. The molecule has 0 unspecified atom stereocenters. The van der Waals surface area contributed by atoms with E-state index in [0.29, 0.717) is 17.9 Å². The van der Waals surface area contributed by atoms with Crippen molar-refractivity contribution in [1.29, 1.82) is 0 Å². The Kier molecular flexibility index (Phi) is 4.27. The van der Waals surface area contributed by atoms with Gasteiger partial charge in [0.1, 0.15) is 0 Å². The zero-order valence-corrected chi connectivity index (χ0v) is 11.0. The summed E-state index contributed by atoms with van der Waals surface area (Å²) in [6.07, 6.45) is 5.63. The summed E-state index contributed by atoms with van der Waals surface area (Å²) in [5.41, 5.74) is 0. The van der Waals surface area contributed by atoms with Gasteiger partial charge in [0.25, 0.3) is 0 Å². The van der Waals surface area contributed by atoms with Crippen molar-refractivity contribution >= 4 is 23.5 Å². The zero-order valence-electron chi connectivity index (χ0n) is 10.3. The van der Waals surface area contributed by atoms with Crippen LogP contribution >= 0.6 is 11.6 Å². The number of nitrogens with zero attached hydrogens (tertiary/aromatic N) is 1. The molecule has 5 heteroatoms. The number of carboxylic acids is 1. The van der Waals surface area contributed by atoms with Crippen LogP contribution in [0.25, 0.3) is 0 Å². The van der Waals surface area contributed by atoms with Crippen LogP contribution in [0.4, 0.5) is 0 Å². The average Bonchev–Trinajstić information content (AvgIpc) is 2.38. The maximum absolute atomic E-state index is 12.4. The summed E-state index contributed by atoms with van der Waals surface area (Å²) >= 11 is 5.96. The van der Waals surface area contributed by atoms with Crippen LogP contribution < -0.4 is 0 Å². The molecule has 0 bridgehead atoms. The smallest absolute Gasteiger partial charge is 0.307 e. The predicted molar refractivity (Wildman–Crippen MR) is 68.2 cm³/mol. The van der Waals surface area contributed by atoms with Crippen LogP contribution in [0.3, 0.4) is 0 Å². The molecule has 1 heterocycles. The lowest BCUT2D eigenvalue weighted by atomic mass is 9.81.